The van der Waals surface area contributed by atoms with Gasteiger partial charge in [0.05, 0.1) is 24.8 Å². The van der Waals surface area contributed by atoms with Gasteiger partial charge < -0.3 is 9.47 Å². The summed E-state index contributed by atoms with van der Waals surface area (Å²) in [5.74, 6) is 5.08. The Morgan fingerprint density at radius 3 is 1.09 bits per heavy atom. The van der Waals surface area contributed by atoms with E-state index in [0.717, 1.165) is 46.1 Å². The molecule has 6 heteroatoms. The highest BCUT2D eigenvalue weighted by Gasteiger charge is 3.10. The Balaban J connectivity index is 1.24. The first-order valence-electron chi connectivity index (χ1n) is 13.9. The Labute approximate surface area is 204 Å². The fraction of sp³-hybridized carbons (Fsp3) is 0.857. The van der Waals surface area contributed by atoms with Crippen molar-refractivity contribution in [2.24, 2.45) is 46.3 Å². The average molecular weight is 499 g/mol. The van der Waals surface area contributed by atoms with Gasteiger partial charge in [0.1, 0.15) is 0 Å². The molecule has 0 aromatic rings. The van der Waals surface area contributed by atoms with Crippen LogP contribution in [0.25, 0.3) is 0 Å². The highest BCUT2D eigenvalue weighted by atomic mass is 31.2. The summed E-state index contributed by atoms with van der Waals surface area (Å²) in [5, 5.41) is 1.73. The van der Waals surface area contributed by atoms with Gasteiger partial charge in [0.2, 0.25) is 0 Å². The SMILES string of the molecule is COC(=O)C1=C(C(=O)OC)P2C3(C45CC6CC(CC(C6)C4)C5)P1C23C12CC3CC(CC(C3)C1)C2. The van der Waals surface area contributed by atoms with Crippen molar-refractivity contribution in [1.82, 2.24) is 0 Å². The van der Waals surface area contributed by atoms with Crippen molar-refractivity contribution in [3.8, 4) is 0 Å². The quantitative estimate of drug-likeness (QED) is 0.334. The monoisotopic (exact) mass is 498 g/mol. The molecule has 10 fully saturated rings. The standard InChI is InChI=1S/C28H36O4P2/c1-31-23(29)21-22(24(30)32-2)34-27(25-9-15-3-16(10-25)5-17(4-15)11-25)28(34,33(21)27)26-12-18-6-19(13-26)8-20(7-18)14-26/h15-20H,3-14H2,1-2H3. The predicted octanol–water partition coefficient (Wildman–Crippen LogP) is 6.37. The molecule has 0 spiro atoms. The third-order valence-electron chi connectivity index (χ3n) is 12.7. The molecule has 8 saturated carbocycles. The predicted molar refractivity (Wildman–Crippen MR) is 132 cm³/mol. The van der Waals surface area contributed by atoms with Gasteiger partial charge in [-0.1, -0.05) is 0 Å². The number of methoxy groups -OCH3 is 2. The second kappa shape index (κ2) is 5.99. The fourth-order valence-electron chi connectivity index (χ4n) is 13.0. The van der Waals surface area contributed by atoms with E-state index < -0.39 is 15.8 Å². The van der Waals surface area contributed by atoms with Gasteiger partial charge >= 0.3 is 11.9 Å². The lowest BCUT2D eigenvalue weighted by Gasteiger charge is -2.59. The van der Waals surface area contributed by atoms with Crippen molar-refractivity contribution < 1.29 is 19.1 Å². The van der Waals surface area contributed by atoms with Gasteiger partial charge in [0.15, 0.2) is 0 Å². The minimum Gasteiger partial charge on any atom is -0.465 e. The van der Waals surface area contributed by atoms with E-state index in [0.29, 0.717) is 20.6 Å². The summed E-state index contributed by atoms with van der Waals surface area (Å²) in [6, 6.07) is 0. The normalized spacial score (nSPS) is 60.4. The molecular weight excluding hydrogens is 462 g/mol. The zero-order valence-electron chi connectivity index (χ0n) is 20.5. The topological polar surface area (TPSA) is 52.6 Å². The molecule has 0 aromatic carbocycles. The second-order valence-corrected chi connectivity index (χ2v) is 19.7. The van der Waals surface area contributed by atoms with E-state index in [4.69, 9.17) is 9.47 Å². The summed E-state index contributed by atoms with van der Waals surface area (Å²) < 4.78 is 10.8. The van der Waals surface area contributed by atoms with Gasteiger partial charge in [-0.3, -0.25) is 0 Å². The van der Waals surface area contributed by atoms with Crippen LogP contribution in [0.2, 0.25) is 0 Å². The largest absolute Gasteiger partial charge is 0.465 e. The molecule has 0 radical (unpaired) electrons. The summed E-state index contributed by atoms with van der Waals surface area (Å²) in [6.07, 6.45) is 17.1. The first-order chi connectivity index (χ1) is 16.4. The molecule has 8 aliphatic carbocycles. The van der Waals surface area contributed by atoms with Gasteiger partial charge in [-0.25, -0.2) is 9.59 Å². The number of carbonyl (C=O) groups excluding carboxylic acids is 2. The minimum absolute atomic E-state index is 0.185. The van der Waals surface area contributed by atoms with Gasteiger partial charge in [-0.05, 0) is 139 Å². The van der Waals surface area contributed by atoms with Crippen LogP contribution in [-0.2, 0) is 19.1 Å². The van der Waals surface area contributed by atoms with E-state index in [2.05, 4.69) is 0 Å². The smallest absolute Gasteiger partial charge is 0.339 e. The molecule has 4 aliphatic heterocycles. The van der Waals surface area contributed by atoms with Gasteiger partial charge in [-0.15, -0.1) is 0 Å². The molecule has 0 N–H and O–H groups in total. The van der Waals surface area contributed by atoms with Crippen LogP contribution in [0.3, 0.4) is 0 Å². The first-order valence-corrected chi connectivity index (χ1v) is 16.6. The van der Waals surface area contributed by atoms with Gasteiger partial charge in [-0.2, -0.15) is 0 Å². The lowest BCUT2D eigenvalue weighted by atomic mass is 9.45. The highest BCUT2D eigenvalue weighted by Crippen LogP contribution is 3.31. The van der Waals surface area contributed by atoms with Crippen LogP contribution in [0.5, 0.6) is 0 Å². The van der Waals surface area contributed by atoms with E-state index in [1.165, 1.54) is 91.3 Å². The maximum atomic E-state index is 13.4. The zero-order valence-corrected chi connectivity index (χ0v) is 22.3. The van der Waals surface area contributed by atoms with E-state index in [-0.39, 0.29) is 11.9 Å². The van der Waals surface area contributed by atoms with Crippen molar-refractivity contribution in [3.05, 3.63) is 10.6 Å². The maximum absolute atomic E-state index is 13.4. The van der Waals surface area contributed by atoms with Crippen molar-refractivity contribution in [1.29, 1.82) is 0 Å². The van der Waals surface area contributed by atoms with Crippen molar-refractivity contribution in [2.75, 3.05) is 14.2 Å². The summed E-state index contributed by atoms with van der Waals surface area (Å²) in [4.78, 5) is 27.4. The van der Waals surface area contributed by atoms with E-state index >= 15 is 0 Å². The van der Waals surface area contributed by atoms with Gasteiger partial charge in [0.25, 0.3) is 0 Å². The van der Waals surface area contributed by atoms with Gasteiger partial charge in [0, 0.05) is 9.79 Å². The summed E-state index contributed by atoms with van der Waals surface area (Å²) in [6.45, 7) is 0. The number of rotatable bonds is 4. The molecule has 10 bridgehead atoms. The van der Waals surface area contributed by atoms with E-state index in [1.54, 1.807) is 0 Å². The summed E-state index contributed by atoms with van der Waals surface area (Å²) in [5.41, 5.74) is 0.828. The summed E-state index contributed by atoms with van der Waals surface area (Å²) >= 11 is 0. The number of hydrogen-bond donors (Lipinski definition) is 0. The van der Waals surface area contributed by atoms with Crippen molar-refractivity contribution in [3.63, 3.8) is 0 Å². The van der Waals surface area contributed by atoms with E-state index in [9.17, 15) is 9.59 Å². The lowest BCUT2D eigenvalue weighted by molar-refractivity contribution is -0.138. The van der Waals surface area contributed by atoms with Crippen LogP contribution in [0, 0.1) is 46.3 Å². The lowest BCUT2D eigenvalue weighted by Crippen LogP contribution is -2.52. The number of ether oxygens (including phenoxy) is 2. The molecule has 12 rings (SSSR count). The molecule has 182 valence electrons. The molecule has 4 heterocycles. The highest BCUT2D eigenvalue weighted by molar-refractivity contribution is 8.15. The average Bonchev–Trinajstić information content (AvgIpc) is 3.53. The Hall–Kier alpha value is -0.460. The van der Waals surface area contributed by atoms with Crippen LogP contribution < -0.4 is 0 Å². The Bertz CT molecular complexity index is 927. The maximum Gasteiger partial charge on any atom is 0.339 e. The van der Waals surface area contributed by atoms with Crippen LogP contribution in [0.15, 0.2) is 10.6 Å². The molecule has 34 heavy (non-hydrogen) atoms. The Morgan fingerprint density at radius 1 is 0.588 bits per heavy atom. The van der Waals surface area contributed by atoms with Crippen LogP contribution in [0.4, 0.5) is 0 Å². The zero-order chi connectivity index (χ0) is 22.8. The van der Waals surface area contributed by atoms with Crippen LogP contribution >= 0.6 is 15.8 Å². The Morgan fingerprint density at radius 2 is 0.853 bits per heavy atom. The first kappa shape index (κ1) is 20.6. The molecule has 2 saturated heterocycles. The fourth-order valence-corrected chi connectivity index (χ4v) is 26.2. The molecule has 0 amide bonds. The Kier molecular flexibility index (Phi) is 3.62. The van der Waals surface area contributed by atoms with Crippen LogP contribution in [0.1, 0.15) is 77.0 Å². The third-order valence-corrected chi connectivity index (χ3v) is 22.7. The minimum atomic E-state index is -0.582. The summed E-state index contributed by atoms with van der Waals surface area (Å²) in [7, 11) is 1.88. The number of carbonyl (C=O) groups is 2. The molecular formula is C28H36O4P2. The van der Waals surface area contributed by atoms with Crippen LogP contribution in [-0.4, -0.2) is 36.0 Å². The molecule has 0 unspecified atom stereocenters. The number of hydrogen-bond acceptors (Lipinski definition) is 4. The van der Waals surface area contributed by atoms with Crippen molar-refractivity contribution in [2.45, 2.75) is 86.8 Å². The molecule has 0 atom stereocenters. The molecule has 0 aromatic heterocycles. The van der Waals surface area contributed by atoms with Crippen molar-refractivity contribution >= 4 is 27.8 Å². The van der Waals surface area contributed by atoms with E-state index in [1.807, 2.05) is 0 Å². The molecule has 12 aliphatic rings. The molecule has 4 nitrogen and oxygen atoms in total. The second-order valence-electron chi connectivity index (χ2n) is 14.1. The number of esters is 2. The third kappa shape index (κ3) is 1.90.